The van der Waals surface area contributed by atoms with Crippen molar-refractivity contribution in [2.45, 2.75) is 29.4 Å². The zero-order chi connectivity index (χ0) is 22.6. The van der Waals surface area contributed by atoms with Crippen molar-refractivity contribution in [1.29, 1.82) is 0 Å². The predicted molar refractivity (Wildman–Crippen MR) is 108 cm³/mol. The maximum absolute atomic E-state index is 12.7. The largest absolute Gasteiger partial charge is 0.435 e. The summed E-state index contributed by atoms with van der Waals surface area (Å²) in [5.74, 6) is -0.0868. The fraction of sp³-hybridized carbons (Fsp3) is 0.368. The van der Waals surface area contributed by atoms with Crippen molar-refractivity contribution in [3.05, 3.63) is 54.1 Å². The molecule has 0 aliphatic carbocycles. The highest BCUT2D eigenvalue weighted by Crippen LogP contribution is 2.24. The van der Waals surface area contributed by atoms with Gasteiger partial charge in [-0.25, -0.2) is 21.6 Å². The Morgan fingerprint density at radius 2 is 1.61 bits per heavy atom. The molecule has 31 heavy (non-hydrogen) atoms. The minimum absolute atomic E-state index is 0.0155. The van der Waals surface area contributed by atoms with Crippen LogP contribution in [0.15, 0.2) is 58.3 Å². The number of morpholine rings is 1. The van der Waals surface area contributed by atoms with Crippen LogP contribution in [0, 0.1) is 0 Å². The van der Waals surface area contributed by atoms with E-state index in [1.165, 1.54) is 46.8 Å². The van der Waals surface area contributed by atoms with E-state index in [0.29, 0.717) is 18.8 Å². The molecule has 0 spiro atoms. The summed E-state index contributed by atoms with van der Waals surface area (Å²) in [5.41, 5.74) is 0.424. The molecule has 0 radical (unpaired) electrons. The number of rotatable bonds is 8. The maximum Gasteiger partial charge on any atom is 0.387 e. The van der Waals surface area contributed by atoms with Crippen LogP contribution in [-0.2, 0) is 24.8 Å². The molecule has 170 valence electrons. The van der Waals surface area contributed by atoms with E-state index in [-0.39, 0.29) is 28.6 Å². The van der Waals surface area contributed by atoms with Gasteiger partial charge in [-0.2, -0.15) is 13.1 Å². The van der Waals surface area contributed by atoms with Crippen molar-refractivity contribution in [1.82, 2.24) is 9.03 Å². The number of alkyl halides is 2. The highest BCUT2D eigenvalue weighted by Gasteiger charge is 2.27. The molecule has 12 heteroatoms. The van der Waals surface area contributed by atoms with Crippen LogP contribution in [0.5, 0.6) is 5.75 Å². The third-order valence-electron chi connectivity index (χ3n) is 4.66. The minimum atomic E-state index is -4.00. The van der Waals surface area contributed by atoms with Gasteiger partial charge in [0.15, 0.2) is 0 Å². The van der Waals surface area contributed by atoms with Crippen LogP contribution >= 0.6 is 0 Å². The number of halogens is 2. The van der Waals surface area contributed by atoms with E-state index in [0.717, 1.165) is 0 Å². The Morgan fingerprint density at radius 1 is 1.00 bits per heavy atom. The van der Waals surface area contributed by atoms with Crippen LogP contribution in [0.1, 0.15) is 18.5 Å². The molecule has 1 aliphatic rings. The van der Waals surface area contributed by atoms with Gasteiger partial charge in [-0.3, -0.25) is 0 Å². The monoisotopic (exact) mass is 476 g/mol. The van der Waals surface area contributed by atoms with Gasteiger partial charge in [0.25, 0.3) is 0 Å². The SMILES string of the molecule is CC(NS(=O)(=O)c1ccc(S(=O)(=O)N2CCOCC2)cc1)c1cccc(OC(F)F)c1. The van der Waals surface area contributed by atoms with E-state index < -0.39 is 32.7 Å². The van der Waals surface area contributed by atoms with Gasteiger partial charge in [-0.05, 0) is 48.9 Å². The molecular formula is C19H22F2N2O6S2. The number of hydrogen-bond acceptors (Lipinski definition) is 6. The van der Waals surface area contributed by atoms with Gasteiger partial charge >= 0.3 is 6.61 Å². The lowest BCUT2D eigenvalue weighted by Gasteiger charge is -2.26. The van der Waals surface area contributed by atoms with Crippen LogP contribution in [0.25, 0.3) is 0 Å². The molecule has 0 saturated carbocycles. The van der Waals surface area contributed by atoms with Crippen molar-refractivity contribution in [2.24, 2.45) is 0 Å². The Balaban J connectivity index is 1.75. The summed E-state index contributed by atoms with van der Waals surface area (Å²) in [7, 11) is -7.74. The molecule has 1 atom stereocenters. The zero-order valence-electron chi connectivity index (χ0n) is 16.6. The van der Waals surface area contributed by atoms with Gasteiger partial charge in [0.1, 0.15) is 5.75 Å². The third kappa shape index (κ3) is 5.77. The number of benzene rings is 2. The van der Waals surface area contributed by atoms with E-state index in [4.69, 9.17) is 4.74 Å². The highest BCUT2D eigenvalue weighted by molar-refractivity contribution is 7.89. The predicted octanol–water partition coefficient (Wildman–Crippen LogP) is 2.35. The summed E-state index contributed by atoms with van der Waals surface area (Å²) in [4.78, 5) is -0.140. The molecule has 0 bridgehead atoms. The quantitative estimate of drug-likeness (QED) is 0.628. The Kier molecular flexibility index (Phi) is 7.27. The number of sulfonamides is 2. The fourth-order valence-electron chi connectivity index (χ4n) is 3.06. The summed E-state index contributed by atoms with van der Waals surface area (Å²) < 4.78 is 88.7. The van der Waals surface area contributed by atoms with Crippen LogP contribution < -0.4 is 9.46 Å². The average Bonchev–Trinajstić information content (AvgIpc) is 2.74. The van der Waals surface area contributed by atoms with Gasteiger partial charge in [0, 0.05) is 19.1 Å². The number of nitrogens with zero attached hydrogens (tertiary/aromatic N) is 1. The van der Waals surface area contributed by atoms with Crippen LogP contribution in [0.4, 0.5) is 8.78 Å². The lowest BCUT2D eigenvalue weighted by molar-refractivity contribution is -0.0499. The van der Waals surface area contributed by atoms with E-state index in [2.05, 4.69) is 9.46 Å². The number of hydrogen-bond donors (Lipinski definition) is 1. The summed E-state index contributed by atoms with van der Waals surface area (Å²) in [6.45, 7) is -0.370. The standard InChI is InChI=1S/C19H22F2N2O6S2/c1-14(15-3-2-4-16(13-15)29-19(20)21)22-30(24,25)17-5-7-18(8-6-17)31(26,27)23-9-11-28-12-10-23/h2-8,13-14,19,22H,9-12H2,1H3. The third-order valence-corrected chi connectivity index (χ3v) is 8.13. The Hall–Kier alpha value is -2.12. The van der Waals surface area contributed by atoms with Crippen molar-refractivity contribution < 1.29 is 35.1 Å². The van der Waals surface area contributed by atoms with Gasteiger partial charge < -0.3 is 9.47 Å². The normalized spacial score (nSPS) is 16.9. The molecule has 1 N–H and O–H groups in total. The molecule has 3 rings (SSSR count). The molecule has 2 aromatic carbocycles. The first kappa shape index (κ1) is 23.5. The molecule has 2 aromatic rings. The van der Waals surface area contributed by atoms with Crippen molar-refractivity contribution in [3.63, 3.8) is 0 Å². The van der Waals surface area contributed by atoms with Crippen LogP contribution in [0.2, 0.25) is 0 Å². The summed E-state index contributed by atoms with van der Waals surface area (Å²) in [6.07, 6.45) is 0. The first-order chi connectivity index (χ1) is 14.6. The maximum atomic E-state index is 12.7. The molecule has 1 saturated heterocycles. The lowest BCUT2D eigenvalue weighted by atomic mass is 10.1. The fourth-order valence-corrected chi connectivity index (χ4v) is 5.70. The van der Waals surface area contributed by atoms with Crippen molar-refractivity contribution in [2.75, 3.05) is 26.3 Å². The minimum Gasteiger partial charge on any atom is -0.435 e. The number of ether oxygens (including phenoxy) is 2. The number of nitrogens with one attached hydrogen (secondary N) is 1. The molecule has 0 amide bonds. The molecule has 1 heterocycles. The van der Waals surface area contributed by atoms with Gasteiger partial charge in [-0.15, -0.1) is 0 Å². The molecular weight excluding hydrogens is 454 g/mol. The van der Waals surface area contributed by atoms with Gasteiger partial charge in [0.05, 0.1) is 23.0 Å². The first-order valence-corrected chi connectivity index (χ1v) is 12.3. The molecule has 1 unspecified atom stereocenters. The molecule has 1 aliphatic heterocycles. The Bertz CT molecular complexity index is 1100. The van der Waals surface area contributed by atoms with E-state index in [1.54, 1.807) is 13.0 Å². The zero-order valence-corrected chi connectivity index (χ0v) is 18.2. The van der Waals surface area contributed by atoms with Crippen LogP contribution in [0.3, 0.4) is 0 Å². The van der Waals surface area contributed by atoms with E-state index in [9.17, 15) is 25.6 Å². The lowest BCUT2D eigenvalue weighted by Crippen LogP contribution is -2.40. The van der Waals surface area contributed by atoms with Crippen molar-refractivity contribution in [3.8, 4) is 5.75 Å². The first-order valence-electron chi connectivity index (χ1n) is 9.35. The Morgan fingerprint density at radius 3 is 2.23 bits per heavy atom. The summed E-state index contributed by atoms with van der Waals surface area (Å²) in [6, 6.07) is 9.84. The average molecular weight is 477 g/mol. The molecule has 8 nitrogen and oxygen atoms in total. The highest BCUT2D eigenvalue weighted by atomic mass is 32.2. The smallest absolute Gasteiger partial charge is 0.387 e. The molecule has 1 fully saturated rings. The van der Waals surface area contributed by atoms with E-state index in [1.807, 2.05) is 0 Å². The second-order valence-corrected chi connectivity index (χ2v) is 10.4. The summed E-state index contributed by atoms with van der Waals surface area (Å²) >= 11 is 0. The topological polar surface area (TPSA) is 102 Å². The van der Waals surface area contributed by atoms with Gasteiger partial charge in [-0.1, -0.05) is 12.1 Å². The second kappa shape index (κ2) is 9.57. The Labute approximate surface area is 179 Å². The molecule has 0 aromatic heterocycles. The second-order valence-electron chi connectivity index (χ2n) is 6.78. The van der Waals surface area contributed by atoms with E-state index >= 15 is 0 Å². The van der Waals surface area contributed by atoms with Crippen molar-refractivity contribution >= 4 is 20.0 Å². The van der Waals surface area contributed by atoms with Crippen LogP contribution in [-0.4, -0.2) is 54.1 Å². The van der Waals surface area contributed by atoms with Gasteiger partial charge in [0.2, 0.25) is 20.0 Å². The summed E-state index contributed by atoms with van der Waals surface area (Å²) in [5, 5.41) is 0.